The molecule has 1 N–H and O–H groups in total. The predicted octanol–water partition coefficient (Wildman–Crippen LogP) is 3.93. The monoisotopic (exact) mass is 363 g/mol. The third-order valence-corrected chi connectivity index (χ3v) is 4.18. The van der Waals surface area contributed by atoms with Crippen LogP contribution in [-0.4, -0.2) is 17.9 Å². The van der Waals surface area contributed by atoms with Gasteiger partial charge in [-0.2, -0.15) is 0 Å². The first-order chi connectivity index (χ1) is 13.1. The Morgan fingerprint density at radius 3 is 2.26 bits per heavy atom. The normalized spacial score (nSPS) is 12.8. The van der Waals surface area contributed by atoms with Gasteiger partial charge in [0, 0.05) is 6.42 Å². The molecule has 5 heteroatoms. The van der Waals surface area contributed by atoms with Gasteiger partial charge in [0.05, 0.1) is 6.26 Å². The van der Waals surface area contributed by atoms with Crippen molar-refractivity contribution in [3.63, 3.8) is 0 Å². The van der Waals surface area contributed by atoms with E-state index in [1.165, 1.54) is 6.26 Å². The van der Waals surface area contributed by atoms with Gasteiger partial charge in [-0.15, -0.1) is 0 Å². The number of amides is 1. The van der Waals surface area contributed by atoms with Crippen molar-refractivity contribution in [2.45, 2.75) is 25.5 Å². The number of ether oxygens (including phenoxy) is 1. The molecule has 3 aromatic rings. The van der Waals surface area contributed by atoms with Gasteiger partial charge in [-0.25, -0.2) is 4.79 Å². The molecule has 0 spiro atoms. The van der Waals surface area contributed by atoms with Crippen molar-refractivity contribution >= 4 is 11.9 Å². The maximum atomic E-state index is 12.8. The summed E-state index contributed by atoms with van der Waals surface area (Å²) in [5.74, 6) is -0.794. The van der Waals surface area contributed by atoms with E-state index < -0.39 is 24.0 Å². The first kappa shape index (κ1) is 18.5. The van der Waals surface area contributed by atoms with Crippen LogP contribution in [0.3, 0.4) is 0 Å². The molecule has 0 bridgehead atoms. The minimum atomic E-state index is -0.823. The predicted molar refractivity (Wildman–Crippen MR) is 101 cm³/mol. The van der Waals surface area contributed by atoms with E-state index in [1.807, 2.05) is 60.7 Å². The number of carbonyl (C=O) groups excluding carboxylic acids is 2. The van der Waals surface area contributed by atoms with Gasteiger partial charge in [-0.3, -0.25) is 4.79 Å². The van der Waals surface area contributed by atoms with Crippen molar-refractivity contribution in [3.8, 4) is 0 Å². The molecule has 1 aromatic heterocycles. The van der Waals surface area contributed by atoms with Crippen LogP contribution < -0.4 is 5.32 Å². The molecule has 0 fully saturated rings. The molecular weight excluding hydrogens is 342 g/mol. The SMILES string of the molecule is CC(OC(=O)C(Cc1ccccc1)NC(=O)c1ccco1)c1ccccc1. The van der Waals surface area contributed by atoms with Crippen LogP contribution in [0.5, 0.6) is 0 Å². The zero-order valence-corrected chi connectivity index (χ0v) is 15.0. The molecule has 0 saturated heterocycles. The largest absolute Gasteiger partial charge is 0.459 e. The van der Waals surface area contributed by atoms with Crippen molar-refractivity contribution in [3.05, 3.63) is 95.9 Å². The summed E-state index contributed by atoms with van der Waals surface area (Å²) in [6, 6.07) is 21.3. The number of hydrogen-bond acceptors (Lipinski definition) is 4. The van der Waals surface area contributed by atoms with E-state index in [-0.39, 0.29) is 5.76 Å². The smallest absolute Gasteiger partial charge is 0.329 e. The third-order valence-electron chi connectivity index (χ3n) is 4.18. The van der Waals surface area contributed by atoms with Crippen molar-refractivity contribution in [1.82, 2.24) is 5.32 Å². The van der Waals surface area contributed by atoms with Crippen LogP contribution in [0.25, 0.3) is 0 Å². The molecule has 0 aliphatic carbocycles. The van der Waals surface area contributed by atoms with Gasteiger partial charge < -0.3 is 14.5 Å². The molecule has 0 aliphatic rings. The first-order valence-electron chi connectivity index (χ1n) is 8.77. The van der Waals surface area contributed by atoms with Gasteiger partial charge >= 0.3 is 5.97 Å². The van der Waals surface area contributed by atoms with E-state index in [9.17, 15) is 9.59 Å². The lowest BCUT2D eigenvalue weighted by molar-refractivity contribution is -0.151. The highest BCUT2D eigenvalue weighted by molar-refractivity contribution is 5.94. The summed E-state index contributed by atoms with van der Waals surface area (Å²) in [6.07, 6.45) is 1.32. The number of nitrogens with one attached hydrogen (secondary N) is 1. The average molecular weight is 363 g/mol. The number of benzene rings is 2. The van der Waals surface area contributed by atoms with Crippen LogP contribution in [0.2, 0.25) is 0 Å². The van der Waals surface area contributed by atoms with Crippen LogP contribution in [0.1, 0.15) is 34.7 Å². The van der Waals surface area contributed by atoms with Crippen molar-refractivity contribution in [1.29, 1.82) is 0 Å². The highest BCUT2D eigenvalue weighted by Gasteiger charge is 2.26. The zero-order valence-electron chi connectivity index (χ0n) is 15.0. The maximum Gasteiger partial charge on any atom is 0.329 e. The Kier molecular flexibility index (Phi) is 6.05. The molecule has 3 rings (SSSR count). The third kappa shape index (κ3) is 5.07. The number of hydrogen-bond donors (Lipinski definition) is 1. The Morgan fingerprint density at radius 1 is 0.963 bits per heavy atom. The summed E-state index contributed by atoms with van der Waals surface area (Å²) < 4.78 is 10.7. The Balaban J connectivity index is 1.73. The van der Waals surface area contributed by atoms with Gasteiger partial charge in [0.2, 0.25) is 0 Å². The fourth-order valence-electron chi connectivity index (χ4n) is 2.73. The molecule has 1 heterocycles. The van der Waals surface area contributed by atoms with Gasteiger partial charge in [0.15, 0.2) is 5.76 Å². The highest BCUT2D eigenvalue weighted by atomic mass is 16.5. The first-order valence-corrected chi connectivity index (χ1v) is 8.77. The minimum absolute atomic E-state index is 0.150. The van der Waals surface area contributed by atoms with E-state index in [2.05, 4.69) is 5.32 Å². The maximum absolute atomic E-state index is 12.8. The van der Waals surface area contributed by atoms with Crippen LogP contribution in [-0.2, 0) is 16.0 Å². The van der Waals surface area contributed by atoms with Gasteiger partial charge in [0.1, 0.15) is 12.1 Å². The van der Waals surface area contributed by atoms with E-state index in [4.69, 9.17) is 9.15 Å². The summed E-state index contributed by atoms with van der Waals surface area (Å²) in [7, 11) is 0. The van der Waals surface area contributed by atoms with E-state index >= 15 is 0 Å². The van der Waals surface area contributed by atoms with Crippen molar-refractivity contribution in [2.24, 2.45) is 0 Å². The minimum Gasteiger partial charge on any atom is -0.459 e. The lowest BCUT2D eigenvalue weighted by Crippen LogP contribution is -2.43. The van der Waals surface area contributed by atoms with Crippen LogP contribution in [0, 0.1) is 0 Å². The van der Waals surface area contributed by atoms with Gasteiger partial charge in [-0.05, 0) is 30.2 Å². The summed E-state index contributed by atoms with van der Waals surface area (Å²) in [5, 5.41) is 2.72. The number of furan rings is 1. The standard InChI is InChI=1S/C22H21NO4/c1-16(18-11-6-3-7-12-18)27-22(25)19(15-17-9-4-2-5-10-17)23-21(24)20-13-8-14-26-20/h2-14,16,19H,15H2,1H3,(H,23,24). The Morgan fingerprint density at radius 2 is 1.63 bits per heavy atom. The average Bonchev–Trinajstić information content (AvgIpc) is 3.24. The molecular formula is C22H21NO4. The second kappa shape index (κ2) is 8.85. The molecule has 2 unspecified atom stereocenters. The molecule has 5 nitrogen and oxygen atoms in total. The lowest BCUT2D eigenvalue weighted by Gasteiger charge is -2.20. The summed E-state index contributed by atoms with van der Waals surface area (Å²) in [6.45, 7) is 1.81. The Bertz CT molecular complexity index is 860. The second-order valence-corrected chi connectivity index (χ2v) is 6.18. The quantitative estimate of drug-likeness (QED) is 0.646. The van der Waals surface area contributed by atoms with Crippen LogP contribution in [0.4, 0.5) is 0 Å². The topological polar surface area (TPSA) is 68.5 Å². The van der Waals surface area contributed by atoms with E-state index in [0.29, 0.717) is 6.42 Å². The Labute approximate surface area is 158 Å². The second-order valence-electron chi connectivity index (χ2n) is 6.18. The van der Waals surface area contributed by atoms with E-state index in [0.717, 1.165) is 11.1 Å². The van der Waals surface area contributed by atoms with Crippen LogP contribution >= 0.6 is 0 Å². The Hall–Kier alpha value is -3.34. The molecule has 27 heavy (non-hydrogen) atoms. The van der Waals surface area contributed by atoms with Gasteiger partial charge in [0.25, 0.3) is 5.91 Å². The molecule has 0 saturated carbocycles. The summed E-state index contributed by atoms with van der Waals surface area (Å²) in [4.78, 5) is 25.1. The molecule has 2 aromatic carbocycles. The molecule has 138 valence electrons. The molecule has 0 aliphatic heterocycles. The van der Waals surface area contributed by atoms with E-state index in [1.54, 1.807) is 19.1 Å². The number of rotatable bonds is 7. The fourth-order valence-corrected chi connectivity index (χ4v) is 2.73. The molecule has 1 amide bonds. The summed E-state index contributed by atoms with van der Waals surface area (Å²) >= 11 is 0. The zero-order chi connectivity index (χ0) is 19.1. The molecule has 2 atom stereocenters. The summed E-state index contributed by atoms with van der Waals surface area (Å²) in [5.41, 5.74) is 1.81. The van der Waals surface area contributed by atoms with Crippen molar-refractivity contribution in [2.75, 3.05) is 0 Å². The number of carbonyl (C=O) groups is 2. The molecule has 0 radical (unpaired) electrons. The van der Waals surface area contributed by atoms with Crippen molar-refractivity contribution < 1.29 is 18.7 Å². The lowest BCUT2D eigenvalue weighted by atomic mass is 10.1. The van der Waals surface area contributed by atoms with Crippen LogP contribution in [0.15, 0.2) is 83.5 Å². The fraction of sp³-hybridized carbons (Fsp3) is 0.182. The number of esters is 1. The van der Waals surface area contributed by atoms with Gasteiger partial charge in [-0.1, -0.05) is 60.7 Å². The highest BCUT2D eigenvalue weighted by Crippen LogP contribution is 2.18.